The summed E-state index contributed by atoms with van der Waals surface area (Å²) in [5, 5.41) is 12.4. The summed E-state index contributed by atoms with van der Waals surface area (Å²) < 4.78 is 5.47. The fraction of sp³-hybridized carbons (Fsp3) is 0.391. The zero-order valence-electron chi connectivity index (χ0n) is 17.6. The van der Waals surface area contributed by atoms with Gasteiger partial charge in [0.25, 0.3) is 0 Å². The summed E-state index contributed by atoms with van der Waals surface area (Å²) in [6.45, 7) is 5.15. The number of carbonyl (C=O) groups excluding carboxylic acids is 1. The molecule has 1 amide bonds. The second-order valence-electron chi connectivity index (χ2n) is 7.33. The summed E-state index contributed by atoms with van der Waals surface area (Å²) in [5.41, 5.74) is 2.37. The molecule has 1 aliphatic rings. The largest absolute Gasteiger partial charge is 0.495 e. The van der Waals surface area contributed by atoms with Crippen LogP contribution in [0.3, 0.4) is 0 Å². The fourth-order valence-corrected chi connectivity index (χ4v) is 3.66. The Bertz CT molecular complexity index is 892. The van der Waals surface area contributed by atoms with Gasteiger partial charge in [-0.2, -0.15) is 0 Å². The molecule has 2 aromatic rings. The second kappa shape index (κ2) is 10.0. The predicted octanol–water partition coefficient (Wildman–Crippen LogP) is 3.85. The first-order valence-corrected chi connectivity index (χ1v) is 10.3. The zero-order chi connectivity index (χ0) is 21.5. The molecule has 0 spiro atoms. The second-order valence-corrected chi connectivity index (χ2v) is 7.33. The van der Waals surface area contributed by atoms with E-state index in [2.05, 4.69) is 15.1 Å². The number of nitrogens with one attached hydrogen (secondary N) is 1. The van der Waals surface area contributed by atoms with Crippen LogP contribution in [0.2, 0.25) is 0 Å². The summed E-state index contributed by atoms with van der Waals surface area (Å²) >= 11 is 0. The molecular weight excluding hydrogens is 382 g/mol. The van der Waals surface area contributed by atoms with E-state index in [1.54, 1.807) is 19.2 Å². The minimum Gasteiger partial charge on any atom is -0.495 e. The minimum atomic E-state index is -1.05. The number of methoxy groups -OCH3 is 1. The number of hydrogen-bond acceptors (Lipinski definition) is 5. The van der Waals surface area contributed by atoms with E-state index in [0.717, 1.165) is 56.1 Å². The van der Waals surface area contributed by atoms with Gasteiger partial charge in [-0.1, -0.05) is 25.5 Å². The molecule has 3 rings (SSSR count). The number of nitrogens with zero attached hydrogens (tertiary/aromatic N) is 2. The number of amides is 1. The molecule has 1 heterocycles. The van der Waals surface area contributed by atoms with Crippen LogP contribution >= 0.6 is 0 Å². The molecule has 0 atom stereocenters. The molecule has 0 unspecified atom stereocenters. The highest BCUT2D eigenvalue weighted by Crippen LogP contribution is 2.30. The highest BCUT2D eigenvalue weighted by atomic mass is 16.5. The molecule has 0 radical (unpaired) electrons. The lowest BCUT2D eigenvalue weighted by atomic mass is 10.1. The number of rotatable bonds is 8. The maximum absolute atomic E-state index is 12.0. The van der Waals surface area contributed by atoms with E-state index in [9.17, 15) is 14.7 Å². The molecule has 1 fully saturated rings. The molecule has 160 valence electrons. The maximum Gasteiger partial charge on any atom is 0.337 e. The lowest BCUT2D eigenvalue weighted by Crippen LogP contribution is -2.46. The van der Waals surface area contributed by atoms with Gasteiger partial charge < -0.3 is 25.0 Å². The van der Waals surface area contributed by atoms with Gasteiger partial charge in [-0.3, -0.25) is 4.79 Å². The molecular formula is C23H29N3O4. The molecule has 0 aromatic heterocycles. The Labute approximate surface area is 177 Å². The molecule has 0 aliphatic carbocycles. The van der Waals surface area contributed by atoms with Crippen molar-refractivity contribution in [3.8, 4) is 5.75 Å². The highest BCUT2D eigenvalue weighted by Gasteiger charge is 2.21. The first kappa shape index (κ1) is 21.5. The fourth-order valence-electron chi connectivity index (χ4n) is 3.66. The lowest BCUT2D eigenvalue weighted by Gasteiger charge is -2.38. The summed E-state index contributed by atoms with van der Waals surface area (Å²) in [7, 11) is 1.67. The Morgan fingerprint density at radius 1 is 1.07 bits per heavy atom. The van der Waals surface area contributed by atoms with Gasteiger partial charge in [-0.05, 0) is 36.8 Å². The topological polar surface area (TPSA) is 82.1 Å². The maximum atomic E-state index is 12.0. The van der Waals surface area contributed by atoms with Crippen LogP contribution in [0.25, 0.3) is 0 Å². The van der Waals surface area contributed by atoms with Gasteiger partial charge in [0.2, 0.25) is 5.91 Å². The number of anilines is 3. The van der Waals surface area contributed by atoms with Crippen LogP contribution in [0.4, 0.5) is 17.1 Å². The van der Waals surface area contributed by atoms with Crippen molar-refractivity contribution in [2.45, 2.75) is 26.2 Å². The van der Waals surface area contributed by atoms with Crippen LogP contribution < -0.4 is 19.9 Å². The number of piperazine rings is 1. The molecule has 1 aliphatic heterocycles. The Hall–Kier alpha value is -3.22. The van der Waals surface area contributed by atoms with E-state index in [4.69, 9.17) is 4.74 Å². The SMILES string of the molecule is CCCCC(=O)Nc1ccc(N2CCN(c3ccccc3OC)CC2)cc1C(=O)O. The minimum absolute atomic E-state index is 0.115. The van der Waals surface area contributed by atoms with Crippen molar-refractivity contribution in [3.63, 3.8) is 0 Å². The molecule has 2 aromatic carbocycles. The third-order valence-electron chi connectivity index (χ3n) is 5.34. The molecule has 7 nitrogen and oxygen atoms in total. The van der Waals surface area contributed by atoms with Crippen molar-refractivity contribution < 1.29 is 19.4 Å². The molecule has 0 bridgehead atoms. The third kappa shape index (κ3) is 5.03. The van der Waals surface area contributed by atoms with Gasteiger partial charge in [-0.15, -0.1) is 0 Å². The molecule has 2 N–H and O–H groups in total. The van der Waals surface area contributed by atoms with Gasteiger partial charge in [0, 0.05) is 38.3 Å². The van der Waals surface area contributed by atoms with Gasteiger partial charge in [0.15, 0.2) is 0 Å². The summed E-state index contributed by atoms with van der Waals surface area (Å²) in [5.74, 6) is -0.352. The monoisotopic (exact) mass is 411 g/mol. The van der Waals surface area contributed by atoms with Crippen molar-refractivity contribution in [1.29, 1.82) is 0 Å². The van der Waals surface area contributed by atoms with Crippen molar-refractivity contribution >= 4 is 28.9 Å². The lowest BCUT2D eigenvalue weighted by molar-refractivity contribution is -0.116. The van der Waals surface area contributed by atoms with E-state index in [1.807, 2.05) is 37.3 Å². The quantitative estimate of drug-likeness (QED) is 0.687. The van der Waals surface area contributed by atoms with Crippen LogP contribution in [-0.2, 0) is 4.79 Å². The Balaban J connectivity index is 1.70. The van der Waals surface area contributed by atoms with Crippen molar-refractivity contribution in [2.24, 2.45) is 0 Å². The number of hydrogen-bond donors (Lipinski definition) is 2. The zero-order valence-corrected chi connectivity index (χ0v) is 17.6. The number of unbranched alkanes of at least 4 members (excludes halogenated alkanes) is 1. The molecule has 1 saturated heterocycles. The number of para-hydroxylation sites is 2. The molecule has 7 heteroatoms. The van der Waals surface area contributed by atoms with Crippen molar-refractivity contribution in [2.75, 3.05) is 48.4 Å². The molecule has 0 saturated carbocycles. The van der Waals surface area contributed by atoms with Gasteiger partial charge in [0.1, 0.15) is 5.75 Å². The predicted molar refractivity (Wildman–Crippen MR) is 119 cm³/mol. The third-order valence-corrected chi connectivity index (χ3v) is 5.34. The van der Waals surface area contributed by atoms with Crippen LogP contribution in [0.5, 0.6) is 5.75 Å². The Morgan fingerprint density at radius 2 is 1.77 bits per heavy atom. The summed E-state index contributed by atoms with van der Waals surface area (Å²) in [4.78, 5) is 28.2. The van der Waals surface area contributed by atoms with Crippen LogP contribution in [-0.4, -0.2) is 50.3 Å². The number of carboxylic acid groups (broad SMARTS) is 1. The summed E-state index contributed by atoms with van der Waals surface area (Å²) in [6, 6.07) is 13.2. The normalized spacial score (nSPS) is 13.8. The number of carbonyl (C=O) groups is 2. The van der Waals surface area contributed by atoms with Crippen LogP contribution in [0.1, 0.15) is 36.5 Å². The average molecular weight is 412 g/mol. The van der Waals surface area contributed by atoms with Crippen LogP contribution in [0, 0.1) is 0 Å². The number of aromatic carboxylic acids is 1. The number of benzene rings is 2. The van der Waals surface area contributed by atoms with E-state index in [-0.39, 0.29) is 11.5 Å². The smallest absolute Gasteiger partial charge is 0.337 e. The van der Waals surface area contributed by atoms with E-state index >= 15 is 0 Å². The Kier molecular flexibility index (Phi) is 7.17. The van der Waals surface area contributed by atoms with Gasteiger partial charge in [-0.25, -0.2) is 4.79 Å². The van der Waals surface area contributed by atoms with E-state index < -0.39 is 5.97 Å². The number of carboxylic acids is 1. The summed E-state index contributed by atoms with van der Waals surface area (Å²) in [6.07, 6.45) is 2.09. The van der Waals surface area contributed by atoms with Crippen molar-refractivity contribution in [3.05, 3.63) is 48.0 Å². The first-order valence-electron chi connectivity index (χ1n) is 10.3. The van der Waals surface area contributed by atoms with Crippen molar-refractivity contribution in [1.82, 2.24) is 0 Å². The Morgan fingerprint density at radius 3 is 2.43 bits per heavy atom. The van der Waals surface area contributed by atoms with Gasteiger partial charge >= 0.3 is 5.97 Å². The highest BCUT2D eigenvalue weighted by molar-refractivity contribution is 6.01. The molecule has 30 heavy (non-hydrogen) atoms. The average Bonchev–Trinajstić information content (AvgIpc) is 2.78. The van der Waals surface area contributed by atoms with Gasteiger partial charge in [0.05, 0.1) is 24.0 Å². The standard InChI is InChI=1S/C23H29N3O4/c1-3-4-9-22(27)24-19-11-10-17(16-18(19)23(28)29)25-12-14-26(15-13-25)20-7-5-6-8-21(20)30-2/h5-8,10-11,16H,3-4,9,12-15H2,1-2H3,(H,24,27)(H,28,29). The van der Waals surface area contributed by atoms with Crippen LogP contribution in [0.15, 0.2) is 42.5 Å². The van der Waals surface area contributed by atoms with E-state index in [1.165, 1.54) is 0 Å². The van der Waals surface area contributed by atoms with E-state index in [0.29, 0.717) is 12.1 Å². The number of ether oxygens (including phenoxy) is 1. The first-order chi connectivity index (χ1) is 14.5.